The monoisotopic (exact) mass is 682 g/mol. The molecule has 0 radical (unpaired) electrons. The standard InChI is InChI=1S/C36H41F3N4O6/c1-6-27(7-2)48-29-12-10-9-11-24(29)21-42-33(44)35(49-34(45)36(37,38)39,25-13-16-30(47-22(4)5)31(20-25)46-8-3)43-26-14-15-28-23(19-26)17-18-41-32(28)40/h9-20,22,27,43H,6-8,21H2,1-5H3,(H2,40,41)(H,42,44). The number of carbonyl (C=O) groups is 2. The minimum atomic E-state index is -5.45. The van der Waals surface area contributed by atoms with Gasteiger partial charge in [-0.1, -0.05) is 32.0 Å². The second kappa shape index (κ2) is 15.8. The number of esters is 1. The molecule has 0 saturated heterocycles. The molecular weight excluding hydrogens is 641 g/mol. The van der Waals surface area contributed by atoms with Gasteiger partial charge in [0.15, 0.2) is 11.5 Å². The van der Waals surface area contributed by atoms with Gasteiger partial charge in [-0.2, -0.15) is 13.2 Å². The molecule has 0 aliphatic carbocycles. The number of anilines is 2. The molecule has 262 valence electrons. The van der Waals surface area contributed by atoms with Crippen LogP contribution in [-0.2, 0) is 26.6 Å². The van der Waals surface area contributed by atoms with Crippen molar-refractivity contribution in [3.05, 3.63) is 84.1 Å². The van der Waals surface area contributed by atoms with E-state index in [1.54, 1.807) is 63.2 Å². The Morgan fingerprint density at radius 3 is 2.31 bits per heavy atom. The summed E-state index contributed by atoms with van der Waals surface area (Å²) in [5.41, 5.74) is 3.77. The third kappa shape index (κ3) is 8.84. The van der Waals surface area contributed by atoms with E-state index in [4.69, 9.17) is 24.7 Å². The first kappa shape index (κ1) is 36.6. The van der Waals surface area contributed by atoms with E-state index < -0.39 is 23.8 Å². The molecule has 3 aromatic carbocycles. The molecular formula is C36H41F3N4O6. The topological polar surface area (TPSA) is 134 Å². The van der Waals surface area contributed by atoms with Crippen LogP contribution in [0.3, 0.4) is 0 Å². The highest BCUT2D eigenvalue weighted by molar-refractivity contribution is 5.95. The predicted octanol–water partition coefficient (Wildman–Crippen LogP) is 7.26. The number of rotatable bonds is 15. The molecule has 0 aliphatic heterocycles. The number of hydrogen-bond donors (Lipinski definition) is 3. The van der Waals surface area contributed by atoms with E-state index in [2.05, 4.69) is 15.6 Å². The van der Waals surface area contributed by atoms with Gasteiger partial charge in [0, 0.05) is 34.9 Å². The summed E-state index contributed by atoms with van der Waals surface area (Å²) in [6.07, 6.45) is -2.87. The zero-order valence-electron chi connectivity index (χ0n) is 28.0. The zero-order valence-corrected chi connectivity index (χ0v) is 28.0. The molecule has 1 atom stereocenters. The fraction of sp³-hybridized carbons (Fsp3) is 0.361. The molecule has 4 N–H and O–H groups in total. The largest absolute Gasteiger partial charge is 0.491 e. The summed E-state index contributed by atoms with van der Waals surface area (Å²) in [6.45, 7) is 9.26. The van der Waals surface area contributed by atoms with Gasteiger partial charge in [-0.15, -0.1) is 0 Å². The average Bonchev–Trinajstić information content (AvgIpc) is 3.06. The summed E-state index contributed by atoms with van der Waals surface area (Å²) < 4.78 is 64.8. The summed E-state index contributed by atoms with van der Waals surface area (Å²) >= 11 is 0. The number of nitrogen functional groups attached to an aromatic ring is 1. The van der Waals surface area contributed by atoms with Gasteiger partial charge in [0.1, 0.15) is 11.6 Å². The van der Waals surface area contributed by atoms with E-state index in [0.29, 0.717) is 22.1 Å². The van der Waals surface area contributed by atoms with Crippen molar-refractivity contribution in [2.75, 3.05) is 17.7 Å². The number of amides is 1. The number of benzene rings is 3. The number of fused-ring (bicyclic) bond motifs is 1. The molecule has 13 heteroatoms. The molecule has 4 rings (SSSR count). The van der Waals surface area contributed by atoms with Gasteiger partial charge in [0.25, 0.3) is 11.6 Å². The van der Waals surface area contributed by atoms with E-state index in [1.807, 2.05) is 13.8 Å². The lowest BCUT2D eigenvalue weighted by atomic mass is 9.99. The minimum absolute atomic E-state index is 0.0916. The van der Waals surface area contributed by atoms with Crippen LogP contribution < -0.4 is 30.6 Å². The van der Waals surface area contributed by atoms with Crippen molar-refractivity contribution in [2.45, 2.75) is 78.1 Å². The number of alkyl halides is 3. The number of nitrogens with one attached hydrogen (secondary N) is 2. The Balaban J connectivity index is 1.88. The molecule has 4 aromatic rings. The molecule has 0 bridgehead atoms. The van der Waals surface area contributed by atoms with E-state index in [9.17, 15) is 22.8 Å². The van der Waals surface area contributed by atoms with Crippen LogP contribution in [0.15, 0.2) is 72.9 Å². The van der Waals surface area contributed by atoms with Crippen LogP contribution in [0.5, 0.6) is 17.2 Å². The molecule has 1 unspecified atom stereocenters. The number of halogens is 3. The van der Waals surface area contributed by atoms with E-state index in [0.717, 1.165) is 12.8 Å². The van der Waals surface area contributed by atoms with Crippen LogP contribution in [0, 0.1) is 0 Å². The van der Waals surface area contributed by atoms with E-state index in [-0.39, 0.29) is 53.9 Å². The quantitative estimate of drug-likeness (QED) is 0.0875. The molecule has 0 fully saturated rings. The normalized spacial score (nSPS) is 12.8. The second-order valence-electron chi connectivity index (χ2n) is 11.4. The number of hydrogen-bond acceptors (Lipinski definition) is 9. The Labute approximate surface area is 283 Å². The lowest BCUT2D eigenvalue weighted by molar-refractivity contribution is -0.213. The molecule has 49 heavy (non-hydrogen) atoms. The van der Waals surface area contributed by atoms with Gasteiger partial charge in [-0.25, -0.2) is 9.78 Å². The van der Waals surface area contributed by atoms with Crippen LogP contribution in [0.2, 0.25) is 0 Å². The lowest BCUT2D eigenvalue weighted by Gasteiger charge is -2.35. The fourth-order valence-corrected chi connectivity index (χ4v) is 5.12. The van der Waals surface area contributed by atoms with Crippen molar-refractivity contribution in [2.24, 2.45) is 0 Å². The van der Waals surface area contributed by atoms with Gasteiger partial charge < -0.3 is 35.3 Å². The van der Waals surface area contributed by atoms with Gasteiger partial charge in [-0.05, 0) is 87.5 Å². The number of para-hydroxylation sites is 1. The minimum Gasteiger partial charge on any atom is -0.490 e. The highest BCUT2D eigenvalue weighted by Gasteiger charge is 2.52. The SMILES string of the molecule is CCOc1cc(C(Nc2ccc3c(N)nccc3c2)(OC(=O)C(F)(F)F)C(=O)NCc2ccccc2OC(CC)CC)ccc1OC(C)C. The third-order valence-electron chi connectivity index (χ3n) is 7.54. The number of nitrogens with zero attached hydrogens (tertiary/aromatic N) is 1. The summed E-state index contributed by atoms with van der Waals surface area (Å²) in [7, 11) is 0. The number of carbonyl (C=O) groups excluding carboxylic acids is 2. The molecule has 1 aromatic heterocycles. The first-order chi connectivity index (χ1) is 23.3. The van der Waals surface area contributed by atoms with E-state index >= 15 is 0 Å². The molecule has 1 amide bonds. The lowest BCUT2D eigenvalue weighted by Crippen LogP contribution is -2.54. The Kier molecular flexibility index (Phi) is 11.8. The molecule has 0 spiro atoms. The van der Waals surface area contributed by atoms with E-state index in [1.165, 1.54) is 30.5 Å². The first-order valence-electron chi connectivity index (χ1n) is 16.0. The van der Waals surface area contributed by atoms with Crippen molar-refractivity contribution >= 4 is 34.2 Å². The Bertz CT molecular complexity index is 1760. The summed E-state index contributed by atoms with van der Waals surface area (Å²) in [5.74, 6) is -2.57. The highest BCUT2D eigenvalue weighted by Crippen LogP contribution is 2.38. The molecule has 0 aliphatic rings. The maximum absolute atomic E-state index is 14.4. The van der Waals surface area contributed by atoms with Crippen molar-refractivity contribution in [1.82, 2.24) is 10.3 Å². The number of nitrogens with two attached hydrogens (primary N) is 1. The zero-order chi connectivity index (χ0) is 35.8. The van der Waals surface area contributed by atoms with Crippen LogP contribution in [-0.4, -0.2) is 41.9 Å². The Hall–Kier alpha value is -5.20. The van der Waals surface area contributed by atoms with Gasteiger partial charge in [0.05, 0.1) is 18.8 Å². The Morgan fingerprint density at radius 1 is 0.898 bits per heavy atom. The molecule has 1 heterocycles. The van der Waals surface area contributed by atoms with Gasteiger partial charge in [0.2, 0.25) is 0 Å². The third-order valence-corrected chi connectivity index (χ3v) is 7.54. The number of ether oxygens (including phenoxy) is 4. The smallest absolute Gasteiger partial charge is 0.490 e. The summed E-state index contributed by atoms with van der Waals surface area (Å²) in [5, 5.41) is 6.63. The first-order valence-corrected chi connectivity index (χ1v) is 16.0. The van der Waals surface area contributed by atoms with Crippen LogP contribution in [0.4, 0.5) is 24.7 Å². The van der Waals surface area contributed by atoms with Crippen LogP contribution in [0.25, 0.3) is 10.8 Å². The van der Waals surface area contributed by atoms with Crippen molar-refractivity contribution in [1.29, 1.82) is 0 Å². The van der Waals surface area contributed by atoms with Crippen LogP contribution in [0.1, 0.15) is 58.6 Å². The average molecular weight is 683 g/mol. The second-order valence-corrected chi connectivity index (χ2v) is 11.4. The highest BCUT2D eigenvalue weighted by atomic mass is 19.4. The number of aromatic nitrogens is 1. The Morgan fingerprint density at radius 2 is 1.63 bits per heavy atom. The van der Waals surface area contributed by atoms with Gasteiger partial charge >= 0.3 is 12.1 Å². The van der Waals surface area contributed by atoms with Crippen molar-refractivity contribution < 1.29 is 41.7 Å². The van der Waals surface area contributed by atoms with Gasteiger partial charge in [-0.3, -0.25) is 4.79 Å². The molecule has 0 saturated carbocycles. The predicted molar refractivity (Wildman–Crippen MR) is 180 cm³/mol. The van der Waals surface area contributed by atoms with Crippen molar-refractivity contribution in [3.63, 3.8) is 0 Å². The van der Waals surface area contributed by atoms with Crippen LogP contribution >= 0.6 is 0 Å². The molecule has 10 nitrogen and oxygen atoms in total. The summed E-state index contributed by atoms with van der Waals surface area (Å²) in [4.78, 5) is 31.2. The maximum Gasteiger partial charge on any atom is 0.491 e. The fourth-order valence-electron chi connectivity index (χ4n) is 5.12. The van der Waals surface area contributed by atoms with Crippen molar-refractivity contribution in [3.8, 4) is 17.2 Å². The number of pyridine rings is 1. The summed E-state index contributed by atoms with van der Waals surface area (Å²) in [6, 6.07) is 17.3. The maximum atomic E-state index is 14.4.